The van der Waals surface area contributed by atoms with E-state index in [-0.39, 0.29) is 11.9 Å². The summed E-state index contributed by atoms with van der Waals surface area (Å²) in [5.41, 5.74) is 1.30. The molecule has 0 aliphatic carbocycles. The lowest BCUT2D eigenvalue weighted by Gasteiger charge is -2.27. The Morgan fingerprint density at radius 3 is 3.12 bits per heavy atom. The Morgan fingerprint density at radius 2 is 2.38 bits per heavy atom. The Morgan fingerprint density at radius 1 is 1.54 bits per heavy atom. The smallest absolute Gasteiger partial charge is 0.224 e. The van der Waals surface area contributed by atoms with Crippen molar-refractivity contribution in [1.82, 2.24) is 15.5 Å². The fraction of sp³-hybridized carbons (Fsp3) is 0.647. The second-order valence-corrected chi connectivity index (χ2v) is 6.95. The second kappa shape index (κ2) is 9.64. The minimum absolute atomic E-state index is 0.169. The maximum Gasteiger partial charge on any atom is 0.224 e. The monoisotopic (exact) mass is 352 g/mol. The maximum atomic E-state index is 12.4. The third kappa shape index (κ3) is 5.49. The molecule has 1 aromatic heterocycles. The van der Waals surface area contributed by atoms with Gasteiger partial charge in [0.05, 0.1) is 13.2 Å². The summed E-state index contributed by atoms with van der Waals surface area (Å²) in [6.45, 7) is 7.50. The highest BCUT2D eigenvalue weighted by Gasteiger charge is 2.20. The number of hydrogen-bond acceptors (Lipinski definition) is 4. The number of aliphatic imine (C=N–C) groups is 1. The number of hydrogen-bond donors (Lipinski definition) is 2. The summed E-state index contributed by atoms with van der Waals surface area (Å²) in [5.74, 6) is 0.907. The number of methoxy groups -OCH3 is 1. The number of ether oxygens (including phenoxy) is 1. The van der Waals surface area contributed by atoms with Crippen LogP contribution in [-0.4, -0.2) is 56.2 Å². The van der Waals surface area contributed by atoms with Gasteiger partial charge < -0.3 is 20.3 Å². The molecule has 1 aromatic rings. The summed E-state index contributed by atoms with van der Waals surface area (Å²) >= 11 is 1.79. The Bertz CT molecular complexity index is 559. The Kier molecular flexibility index (Phi) is 7.52. The van der Waals surface area contributed by atoms with Crippen LogP contribution in [0.1, 0.15) is 30.7 Å². The zero-order chi connectivity index (χ0) is 17.4. The van der Waals surface area contributed by atoms with E-state index in [4.69, 9.17) is 4.74 Å². The summed E-state index contributed by atoms with van der Waals surface area (Å²) < 4.78 is 5.12. The average molecular weight is 353 g/mol. The van der Waals surface area contributed by atoms with Crippen LogP contribution in [0.25, 0.3) is 0 Å². The van der Waals surface area contributed by atoms with Crippen molar-refractivity contribution in [2.24, 2.45) is 4.99 Å². The van der Waals surface area contributed by atoms with E-state index < -0.39 is 0 Å². The lowest BCUT2D eigenvalue weighted by Crippen LogP contribution is -2.44. The van der Waals surface area contributed by atoms with E-state index in [2.05, 4.69) is 27.1 Å². The van der Waals surface area contributed by atoms with E-state index in [1.54, 1.807) is 18.4 Å². The molecule has 0 saturated carbocycles. The molecule has 7 heteroatoms. The van der Waals surface area contributed by atoms with Crippen molar-refractivity contribution in [3.05, 3.63) is 21.9 Å². The predicted octanol–water partition coefficient (Wildman–Crippen LogP) is 1.61. The van der Waals surface area contributed by atoms with Gasteiger partial charge in [0.1, 0.15) is 0 Å². The fourth-order valence-electron chi connectivity index (χ4n) is 2.73. The molecule has 0 aromatic carbocycles. The molecule has 1 aliphatic rings. The van der Waals surface area contributed by atoms with Crippen LogP contribution in [0.3, 0.4) is 0 Å². The number of nitrogens with zero attached hydrogens (tertiary/aromatic N) is 2. The van der Waals surface area contributed by atoms with Crippen LogP contribution in [0.15, 0.2) is 16.4 Å². The van der Waals surface area contributed by atoms with Gasteiger partial charge in [-0.25, -0.2) is 0 Å². The quantitative estimate of drug-likeness (QED) is 0.578. The second-order valence-electron chi connectivity index (χ2n) is 5.95. The van der Waals surface area contributed by atoms with Gasteiger partial charge in [-0.05, 0) is 37.3 Å². The molecule has 1 amide bonds. The lowest BCUT2D eigenvalue weighted by atomic mass is 10.1. The highest BCUT2D eigenvalue weighted by Crippen LogP contribution is 2.24. The fourth-order valence-corrected chi connectivity index (χ4v) is 3.62. The van der Waals surface area contributed by atoms with Crippen molar-refractivity contribution in [2.45, 2.75) is 39.3 Å². The largest absolute Gasteiger partial charge is 0.383 e. The summed E-state index contributed by atoms with van der Waals surface area (Å²) in [5, 5.41) is 8.58. The van der Waals surface area contributed by atoms with Crippen LogP contribution < -0.4 is 10.6 Å². The van der Waals surface area contributed by atoms with Crippen molar-refractivity contribution in [3.63, 3.8) is 0 Å². The average Bonchev–Trinajstić information content (AvgIpc) is 3.02. The predicted molar refractivity (Wildman–Crippen MR) is 98.5 cm³/mol. The van der Waals surface area contributed by atoms with E-state index in [0.717, 1.165) is 32.0 Å². The third-order valence-electron chi connectivity index (χ3n) is 3.90. The van der Waals surface area contributed by atoms with Gasteiger partial charge in [0.25, 0.3) is 0 Å². The number of guanidine groups is 1. The molecule has 2 N–H and O–H groups in total. The maximum absolute atomic E-state index is 12.4. The number of nitrogens with one attached hydrogen (secondary N) is 2. The molecule has 0 fully saturated rings. The first-order chi connectivity index (χ1) is 11.6. The number of fused-ring (bicyclic) bond motifs is 1. The van der Waals surface area contributed by atoms with Crippen molar-refractivity contribution >= 4 is 23.2 Å². The van der Waals surface area contributed by atoms with E-state index in [1.807, 2.05) is 18.7 Å². The zero-order valence-corrected chi connectivity index (χ0v) is 15.6. The normalized spacial score (nSPS) is 15.8. The topological polar surface area (TPSA) is 66.0 Å². The van der Waals surface area contributed by atoms with Crippen molar-refractivity contribution in [2.75, 3.05) is 33.4 Å². The number of rotatable bonds is 7. The molecule has 0 radical (unpaired) electrons. The van der Waals surface area contributed by atoms with Gasteiger partial charge in [-0.3, -0.25) is 9.79 Å². The van der Waals surface area contributed by atoms with Crippen LogP contribution in [0.2, 0.25) is 0 Å². The number of amides is 1. The summed E-state index contributed by atoms with van der Waals surface area (Å²) in [4.78, 5) is 20.3. The van der Waals surface area contributed by atoms with Gasteiger partial charge in [-0.15, -0.1) is 11.3 Å². The number of thiophene rings is 1. The minimum atomic E-state index is 0.169. The molecule has 0 spiro atoms. The first-order valence-corrected chi connectivity index (χ1v) is 9.38. The van der Waals surface area contributed by atoms with Gasteiger partial charge in [-0.1, -0.05) is 0 Å². The van der Waals surface area contributed by atoms with E-state index >= 15 is 0 Å². The van der Waals surface area contributed by atoms with Crippen LogP contribution in [0.4, 0.5) is 0 Å². The first kappa shape index (κ1) is 18.7. The lowest BCUT2D eigenvalue weighted by molar-refractivity contribution is -0.131. The molecule has 1 unspecified atom stereocenters. The molecule has 0 saturated heterocycles. The van der Waals surface area contributed by atoms with Crippen molar-refractivity contribution in [1.29, 1.82) is 0 Å². The van der Waals surface area contributed by atoms with Crippen molar-refractivity contribution < 1.29 is 9.53 Å². The molecule has 1 atom stereocenters. The standard InChI is InChI=1S/C17H28N4O2S/c1-4-18-17(20-13(2)12-23-3)19-8-5-16(22)21-9-6-15-14(11-21)7-10-24-15/h7,10,13H,4-6,8-9,11-12H2,1-3H3,(H2,18,19,20). The van der Waals surface area contributed by atoms with Crippen molar-refractivity contribution in [3.8, 4) is 0 Å². The summed E-state index contributed by atoms with van der Waals surface area (Å²) in [6.07, 6.45) is 1.41. The number of carbonyl (C=O) groups is 1. The summed E-state index contributed by atoms with van der Waals surface area (Å²) in [7, 11) is 1.68. The highest BCUT2D eigenvalue weighted by molar-refractivity contribution is 7.10. The van der Waals surface area contributed by atoms with Gasteiger partial charge >= 0.3 is 0 Å². The van der Waals surface area contributed by atoms with Crippen LogP contribution in [-0.2, 0) is 22.5 Å². The van der Waals surface area contributed by atoms with Gasteiger partial charge in [0, 0.05) is 44.1 Å². The molecule has 6 nitrogen and oxygen atoms in total. The Hall–Kier alpha value is -1.60. The molecule has 1 aliphatic heterocycles. The zero-order valence-electron chi connectivity index (χ0n) is 14.8. The molecule has 2 rings (SSSR count). The van der Waals surface area contributed by atoms with Gasteiger partial charge in [0.2, 0.25) is 5.91 Å². The van der Waals surface area contributed by atoms with Crippen LogP contribution >= 0.6 is 11.3 Å². The molecular weight excluding hydrogens is 324 g/mol. The highest BCUT2D eigenvalue weighted by atomic mass is 32.1. The minimum Gasteiger partial charge on any atom is -0.383 e. The SMILES string of the molecule is CCNC(=NCCC(=O)N1CCc2sccc2C1)NC(C)COC. The molecule has 134 valence electrons. The van der Waals surface area contributed by atoms with E-state index in [1.165, 1.54) is 10.4 Å². The third-order valence-corrected chi connectivity index (χ3v) is 4.92. The molecule has 0 bridgehead atoms. The van der Waals surface area contributed by atoms with Gasteiger partial charge in [-0.2, -0.15) is 0 Å². The number of carbonyl (C=O) groups excluding carboxylic acids is 1. The molecule has 24 heavy (non-hydrogen) atoms. The van der Waals surface area contributed by atoms with Gasteiger partial charge in [0.15, 0.2) is 5.96 Å². The van der Waals surface area contributed by atoms with Crippen LogP contribution in [0, 0.1) is 0 Å². The van der Waals surface area contributed by atoms with Crippen LogP contribution in [0.5, 0.6) is 0 Å². The van der Waals surface area contributed by atoms with E-state index in [0.29, 0.717) is 19.6 Å². The molecular formula is C17H28N4O2S. The Labute approximate surface area is 148 Å². The Balaban J connectivity index is 1.81. The molecule has 2 heterocycles. The van der Waals surface area contributed by atoms with E-state index in [9.17, 15) is 4.79 Å². The summed E-state index contributed by atoms with van der Waals surface area (Å²) in [6, 6.07) is 2.30. The first-order valence-electron chi connectivity index (χ1n) is 8.50.